The molecule has 0 radical (unpaired) electrons. The van der Waals surface area contributed by atoms with E-state index in [1.54, 1.807) is 37.6 Å². The predicted octanol–water partition coefficient (Wildman–Crippen LogP) is 4.51. The molecule has 0 bridgehead atoms. The minimum absolute atomic E-state index is 0.0168. The second-order valence-corrected chi connectivity index (χ2v) is 10.3. The fourth-order valence-corrected chi connectivity index (χ4v) is 5.46. The van der Waals surface area contributed by atoms with Crippen molar-refractivity contribution in [3.05, 3.63) is 94.4 Å². The molecule has 2 atom stereocenters. The van der Waals surface area contributed by atoms with Gasteiger partial charge in [0.05, 0.1) is 26.7 Å². The van der Waals surface area contributed by atoms with Crippen LogP contribution < -0.4 is 30.6 Å². The molecule has 2 N–H and O–H groups in total. The molecule has 2 heterocycles. The quantitative estimate of drug-likeness (QED) is 0.275. The molecule has 5 rings (SSSR count). The van der Waals surface area contributed by atoms with E-state index in [0.717, 1.165) is 22.9 Å². The number of pyridine rings is 1. The second kappa shape index (κ2) is 13.1. The molecule has 10 nitrogen and oxygen atoms in total. The van der Waals surface area contributed by atoms with Crippen molar-refractivity contribution in [1.82, 2.24) is 9.88 Å². The van der Waals surface area contributed by atoms with E-state index in [1.165, 1.54) is 29.8 Å². The minimum atomic E-state index is -1.07. The van der Waals surface area contributed by atoms with Gasteiger partial charge in [-0.05, 0) is 47.2 Å². The van der Waals surface area contributed by atoms with Crippen LogP contribution in [0.25, 0.3) is 10.8 Å². The summed E-state index contributed by atoms with van der Waals surface area (Å²) in [7, 11) is 4.37. The molecular formula is C32H32F2N4O6. The molecular weight excluding hydrogens is 574 g/mol. The number of carbonyl (C=O) groups is 2. The van der Waals surface area contributed by atoms with Crippen LogP contribution in [0.1, 0.15) is 11.5 Å². The van der Waals surface area contributed by atoms with Crippen LogP contribution in [0.3, 0.4) is 0 Å². The van der Waals surface area contributed by atoms with Gasteiger partial charge < -0.3 is 34.3 Å². The lowest BCUT2D eigenvalue weighted by Crippen LogP contribution is -2.39. The van der Waals surface area contributed by atoms with Crippen LogP contribution in [0, 0.1) is 17.6 Å². The average Bonchev–Trinajstić information content (AvgIpc) is 3.33. The van der Waals surface area contributed by atoms with Crippen LogP contribution >= 0.6 is 0 Å². The molecule has 12 heteroatoms. The first-order valence-corrected chi connectivity index (χ1v) is 13.9. The highest BCUT2D eigenvalue weighted by molar-refractivity contribution is 5.99. The van der Waals surface area contributed by atoms with E-state index in [0.29, 0.717) is 11.4 Å². The number of hydrogen-bond acceptors (Lipinski definition) is 6. The molecule has 0 aliphatic carbocycles. The molecule has 230 valence electrons. The van der Waals surface area contributed by atoms with Crippen LogP contribution in [0.15, 0.2) is 71.7 Å². The van der Waals surface area contributed by atoms with Gasteiger partial charge in [-0.1, -0.05) is 12.1 Å². The number of urea groups is 1. The summed E-state index contributed by atoms with van der Waals surface area (Å²) in [5, 5.41) is 7.19. The summed E-state index contributed by atoms with van der Waals surface area (Å²) in [6, 6.07) is 15.4. The monoisotopic (exact) mass is 606 g/mol. The van der Waals surface area contributed by atoms with Gasteiger partial charge in [0, 0.05) is 62.2 Å². The Balaban J connectivity index is 1.40. The third-order valence-electron chi connectivity index (χ3n) is 7.72. The molecule has 1 aliphatic rings. The van der Waals surface area contributed by atoms with Crippen molar-refractivity contribution in [3.63, 3.8) is 0 Å². The highest BCUT2D eigenvalue weighted by Gasteiger charge is 2.45. The maximum Gasteiger partial charge on any atom is 0.319 e. The van der Waals surface area contributed by atoms with Gasteiger partial charge in [-0.2, -0.15) is 0 Å². The van der Waals surface area contributed by atoms with E-state index in [4.69, 9.17) is 14.2 Å². The zero-order chi connectivity index (χ0) is 31.4. The van der Waals surface area contributed by atoms with Crippen LogP contribution in [-0.2, 0) is 16.1 Å². The van der Waals surface area contributed by atoms with Crippen LogP contribution in [0.5, 0.6) is 11.5 Å². The molecule has 44 heavy (non-hydrogen) atoms. The standard InChI is InChI=1S/C32H32F2N4O6/c1-42-12-11-37-10-4-5-28(31(37)40)38-18-25(29-26(33)15-23(44-3)16-27(29)34)24(30(38)39)17-35-32(41)36-21-8-6-20-14-22(43-2)9-7-19(20)13-21/h4-10,13-16,24-25H,11-12,17-18H2,1-3H3,(H2,35,36,41)/t24?,25-/m1/s1. The maximum absolute atomic E-state index is 15.3. The number of hydrogen-bond donors (Lipinski definition) is 2. The summed E-state index contributed by atoms with van der Waals surface area (Å²) < 4.78 is 47.3. The number of benzene rings is 3. The molecule has 4 aromatic rings. The van der Waals surface area contributed by atoms with E-state index in [2.05, 4.69) is 10.6 Å². The number of rotatable bonds is 10. The molecule has 3 amide bonds. The average molecular weight is 607 g/mol. The first-order valence-electron chi connectivity index (χ1n) is 13.9. The topological polar surface area (TPSA) is 111 Å². The van der Waals surface area contributed by atoms with E-state index < -0.39 is 41.0 Å². The highest BCUT2D eigenvalue weighted by atomic mass is 19.1. The highest BCUT2D eigenvalue weighted by Crippen LogP contribution is 2.39. The normalized spacial score (nSPS) is 16.3. The van der Waals surface area contributed by atoms with Gasteiger partial charge >= 0.3 is 6.03 Å². The molecule has 0 spiro atoms. The first kappa shape index (κ1) is 30.5. The second-order valence-electron chi connectivity index (χ2n) is 10.3. The Bertz CT molecular complexity index is 1740. The summed E-state index contributed by atoms with van der Waals surface area (Å²) in [4.78, 5) is 41.2. The molecule has 3 aromatic carbocycles. The predicted molar refractivity (Wildman–Crippen MR) is 162 cm³/mol. The van der Waals surface area contributed by atoms with E-state index >= 15 is 8.78 Å². The van der Waals surface area contributed by atoms with Crippen molar-refractivity contribution in [2.45, 2.75) is 12.5 Å². The van der Waals surface area contributed by atoms with Crippen LogP contribution in [0.4, 0.5) is 25.0 Å². The van der Waals surface area contributed by atoms with Crippen molar-refractivity contribution in [2.75, 3.05) is 51.2 Å². The Hall–Kier alpha value is -4.97. The Morgan fingerprint density at radius 1 is 0.932 bits per heavy atom. The number of nitrogens with one attached hydrogen (secondary N) is 2. The number of aromatic nitrogens is 1. The van der Waals surface area contributed by atoms with Gasteiger partial charge in [0.1, 0.15) is 28.8 Å². The van der Waals surface area contributed by atoms with Crippen LogP contribution in [0.2, 0.25) is 0 Å². The number of fused-ring (bicyclic) bond motifs is 1. The minimum Gasteiger partial charge on any atom is -0.497 e. The fraction of sp³-hybridized carbons (Fsp3) is 0.281. The third kappa shape index (κ3) is 6.20. The van der Waals surface area contributed by atoms with Crippen molar-refractivity contribution in [2.24, 2.45) is 5.92 Å². The Morgan fingerprint density at radius 2 is 1.64 bits per heavy atom. The summed E-state index contributed by atoms with van der Waals surface area (Å²) in [6.07, 6.45) is 1.57. The zero-order valence-electron chi connectivity index (χ0n) is 24.4. The largest absolute Gasteiger partial charge is 0.497 e. The number of anilines is 2. The fourth-order valence-electron chi connectivity index (χ4n) is 5.46. The lowest BCUT2D eigenvalue weighted by molar-refractivity contribution is -0.120. The molecule has 0 saturated carbocycles. The summed E-state index contributed by atoms with van der Waals surface area (Å²) >= 11 is 0. The van der Waals surface area contributed by atoms with Gasteiger partial charge in [-0.3, -0.25) is 9.59 Å². The Labute approximate surface area is 252 Å². The summed E-state index contributed by atoms with van der Waals surface area (Å²) in [5.41, 5.74) is -0.209. The van der Waals surface area contributed by atoms with Crippen molar-refractivity contribution in [3.8, 4) is 11.5 Å². The summed E-state index contributed by atoms with van der Waals surface area (Å²) in [5.74, 6) is -3.74. The van der Waals surface area contributed by atoms with Crippen molar-refractivity contribution in [1.29, 1.82) is 0 Å². The van der Waals surface area contributed by atoms with Gasteiger partial charge in [0.15, 0.2) is 0 Å². The molecule has 1 aliphatic heterocycles. The lowest BCUT2D eigenvalue weighted by Gasteiger charge is -2.19. The van der Waals surface area contributed by atoms with Gasteiger partial charge in [0.25, 0.3) is 5.56 Å². The van der Waals surface area contributed by atoms with Crippen LogP contribution in [-0.4, -0.2) is 57.5 Å². The summed E-state index contributed by atoms with van der Waals surface area (Å²) in [6.45, 7) is 0.107. The number of ether oxygens (including phenoxy) is 3. The number of amides is 3. The number of carbonyl (C=O) groups excluding carboxylic acids is 2. The van der Waals surface area contributed by atoms with Gasteiger partial charge in [0.2, 0.25) is 5.91 Å². The van der Waals surface area contributed by atoms with E-state index in [1.807, 2.05) is 18.2 Å². The number of methoxy groups -OCH3 is 3. The molecule has 1 aromatic heterocycles. The lowest BCUT2D eigenvalue weighted by atomic mass is 9.87. The Kier molecular flexibility index (Phi) is 9.09. The Morgan fingerprint density at radius 3 is 2.34 bits per heavy atom. The SMILES string of the molecule is COCCn1cccc(N2C[C@@H](c3c(F)cc(OC)cc3F)C(CNC(=O)Nc3ccc4cc(OC)ccc4c3)C2=O)c1=O. The first-order chi connectivity index (χ1) is 21.2. The number of halogens is 2. The van der Waals surface area contributed by atoms with E-state index in [9.17, 15) is 14.4 Å². The smallest absolute Gasteiger partial charge is 0.319 e. The zero-order valence-corrected chi connectivity index (χ0v) is 24.4. The van der Waals surface area contributed by atoms with Gasteiger partial charge in [-0.25, -0.2) is 13.6 Å². The van der Waals surface area contributed by atoms with Crippen molar-refractivity contribution >= 4 is 34.1 Å². The third-order valence-corrected chi connectivity index (χ3v) is 7.72. The number of nitrogens with zero attached hydrogens (tertiary/aromatic N) is 2. The molecule has 1 fully saturated rings. The molecule has 1 saturated heterocycles. The van der Waals surface area contributed by atoms with Gasteiger partial charge in [-0.15, -0.1) is 0 Å². The molecule has 1 unspecified atom stereocenters. The maximum atomic E-state index is 15.3. The van der Waals surface area contributed by atoms with E-state index in [-0.39, 0.29) is 43.2 Å². The van der Waals surface area contributed by atoms with Crippen molar-refractivity contribution < 1.29 is 32.6 Å².